The van der Waals surface area contributed by atoms with Gasteiger partial charge >= 0.3 is 5.97 Å². The molecule has 0 aliphatic heterocycles. The predicted octanol–water partition coefficient (Wildman–Crippen LogP) is 2.94. The molecule has 0 bridgehead atoms. The Morgan fingerprint density at radius 3 is 2.50 bits per heavy atom. The fraction of sp³-hybridized carbons (Fsp3) is 0. The van der Waals surface area contributed by atoms with Crippen molar-refractivity contribution in [3.8, 4) is 0 Å². The van der Waals surface area contributed by atoms with Crippen LogP contribution in [0.5, 0.6) is 0 Å². The Kier molecular flexibility index (Phi) is 4.03. The van der Waals surface area contributed by atoms with E-state index in [2.05, 4.69) is 31.9 Å². The van der Waals surface area contributed by atoms with Crippen molar-refractivity contribution in [1.82, 2.24) is 0 Å². The third kappa shape index (κ3) is 3.04. The fourth-order valence-corrected chi connectivity index (χ4v) is 2.67. The van der Waals surface area contributed by atoms with Crippen LogP contribution in [-0.2, 0) is 9.59 Å². The van der Waals surface area contributed by atoms with E-state index in [1.54, 1.807) is 6.07 Å². The number of rotatable bonds is 3. The highest BCUT2D eigenvalue weighted by molar-refractivity contribution is 9.13. The summed E-state index contributed by atoms with van der Waals surface area (Å²) in [6.07, 6.45) is 2.50. The quantitative estimate of drug-likeness (QED) is 0.680. The SMILES string of the molecule is O=C(O)C(=O)/C=C/c1cc(Br)c(Br)s1. The molecule has 1 N–H and O–H groups in total. The van der Waals surface area contributed by atoms with Gasteiger partial charge in [-0.1, -0.05) is 0 Å². The van der Waals surface area contributed by atoms with Crippen molar-refractivity contribution in [3.05, 3.63) is 25.3 Å². The maximum atomic E-state index is 10.7. The van der Waals surface area contributed by atoms with Crippen LogP contribution >= 0.6 is 43.2 Å². The smallest absolute Gasteiger partial charge is 0.376 e. The second-order valence-corrected chi connectivity index (χ2v) is 5.53. The molecule has 14 heavy (non-hydrogen) atoms. The van der Waals surface area contributed by atoms with E-state index in [-0.39, 0.29) is 0 Å². The maximum absolute atomic E-state index is 10.7. The summed E-state index contributed by atoms with van der Waals surface area (Å²) < 4.78 is 1.78. The van der Waals surface area contributed by atoms with E-state index in [1.165, 1.54) is 17.4 Å². The van der Waals surface area contributed by atoms with Crippen molar-refractivity contribution in [2.45, 2.75) is 0 Å². The molecule has 0 fully saturated rings. The molecule has 0 saturated heterocycles. The Labute approximate surface area is 101 Å². The highest BCUT2D eigenvalue weighted by Crippen LogP contribution is 2.32. The van der Waals surface area contributed by atoms with Crippen LogP contribution in [0.2, 0.25) is 0 Å². The van der Waals surface area contributed by atoms with E-state index in [0.717, 1.165) is 19.2 Å². The zero-order chi connectivity index (χ0) is 10.7. The molecule has 0 amide bonds. The molecule has 3 nitrogen and oxygen atoms in total. The van der Waals surface area contributed by atoms with E-state index < -0.39 is 11.8 Å². The molecule has 0 aromatic carbocycles. The Hall–Kier alpha value is -0.460. The van der Waals surface area contributed by atoms with Crippen LogP contribution in [0.15, 0.2) is 20.4 Å². The van der Waals surface area contributed by atoms with Gasteiger partial charge in [0, 0.05) is 9.35 Å². The van der Waals surface area contributed by atoms with Crippen LogP contribution in [0.25, 0.3) is 6.08 Å². The van der Waals surface area contributed by atoms with E-state index in [1.807, 2.05) is 0 Å². The van der Waals surface area contributed by atoms with Gasteiger partial charge < -0.3 is 5.11 Å². The molecule has 1 heterocycles. The lowest BCUT2D eigenvalue weighted by molar-refractivity contribution is -0.146. The second-order valence-electron chi connectivity index (χ2n) is 2.27. The highest BCUT2D eigenvalue weighted by atomic mass is 79.9. The van der Waals surface area contributed by atoms with E-state index in [9.17, 15) is 9.59 Å². The lowest BCUT2D eigenvalue weighted by atomic mass is 10.3. The van der Waals surface area contributed by atoms with E-state index >= 15 is 0 Å². The Morgan fingerprint density at radius 1 is 1.43 bits per heavy atom. The predicted molar refractivity (Wildman–Crippen MR) is 61.4 cm³/mol. The van der Waals surface area contributed by atoms with Crippen molar-refractivity contribution in [3.63, 3.8) is 0 Å². The van der Waals surface area contributed by atoms with Gasteiger partial charge in [-0.25, -0.2) is 4.79 Å². The van der Waals surface area contributed by atoms with Gasteiger partial charge in [-0.3, -0.25) is 4.79 Å². The highest BCUT2D eigenvalue weighted by Gasteiger charge is 2.06. The van der Waals surface area contributed by atoms with Gasteiger partial charge in [-0.05, 0) is 50.1 Å². The first-order valence-electron chi connectivity index (χ1n) is 3.41. The molecule has 0 radical (unpaired) electrons. The van der Waals surface area contributed by atoms with Gasteiger partial charge in [-0.15, -0.1) is 11.3 Å². The molecular formula is C8H4Br2O3S. The van der Waals surface area contributed by atoms with Crippen LogP contribution in [0.1, 0.15) is 4.88 Å². The average Bonchev–Trinajstić information content (AvgIpc) is 2.42. The van der Waals surface area contributed by atoms with Gasteiger partial charge in [0.15, 0.2) is 0 Å². The minimum absolute atomic E-state index is 0.804. The standard InChI is InChI=1S/C8H4Br2O3S/c9-5-3-4(14-7(5)10)1-2-6(11)8(12)13/h1-3H,(H,12,13)/b2-1+. The lowest BCUT2D eigenvalue weighted by Crippen LogP contribution is -2.08. The minimum atomic E-state index is -1.45. The number of carbonyl (C=O) groups is 2. The summed E-state index contributed by atoms with van der Waals surface area (Å²) >= 11 is 7.97. The summed E-state index contributed by atoms with van der Waals surface area (Å²) in [5, 5.41) is 8.30. The van der Waals surface area contributed by atoms with Gasteiger partial charge in [-0.2, -0.15) is 0 Å². The molecule has 74 valence electrons. The maximum Gasteiger partial charge on any atom is 0.376 e. The molecule has 0 aliphatic rings. The summed E-state index contributed by atoms with van der Waals surface area (Å²) in [5.74, 6) is -2.37. The average molecular weight is 340 g/mol. The molecule has 1 aromatic rings. The number of ketones is 1. The summed E-state index contributed by atoms with van der Waals surface area (Å²) in [4.78, 5) is 21.7. The topological polar surface area (TPSA) is 54.4 Å². The van der Waals surface area contributed by atoms with Crippen LogP contribution < -0.4 is 0 Å². The molecule has 1 rings (SSSR count). The molecule has 0 atom stereocenters. The molecule has 6 heteroatoms. The first-order valence-corrected chi connectivity index (χ1v) is 5.81. The normalized spacial score (nSPS) is 10.7. The number of carboxylic acid groups (broad SMARTS) is 1. The number of carboxylic acids is 1. The summed E-state index contributed by atoms with van der Waals surface area (Å²) in [6, 6.07) is 1.79. The summed E-state index contributed by atoms with van der Waals surface area (Å²) in [6.45, 7) is 0. The third-order valence-electron chi connectivity index (χ3n) is 1.27. The number of halogens is 2. The van der Waals surface area contributed by atoms with Gasteiger partial charge in [0.05, 0.1) is 3.79 Å². The van der Waals surface area contributed by atoms with Gasteiger partial charge in [0.1, 0.15) is 0 Å². The molecular weight excluding hydrogens is 336 g/mol. The minimum Gasteiger partial charge on any atom is -0.475 e. The number of aliphatic carboxylic acids is 1. The van der Waals surface area contributed by atoms with Crippen molar-refractivity contribution >= 4 is 61.0 Å². The summed E-state index contributed by atoms with van der Waals surface area (Å²) in [7, 11) is 0. The van der Waals surface area contributed by atoms with Crippen LogP contribution in [0, 0.1) is 0 Å². The van der Waals surface area contributed by atoms with Crippen LogP contribution in [0.3, 0.4) is 0 Å². The molecule has 0 unspecified atom stereocenters. The number of thiophene rings is 1. The third-order valence-corrected chi connectivity index (χ3v) is 4.50. The Balaban J connectivity index is 2.79. The van der Waals surface area contributed by atoms with Crippen LogP contribution in [0.4, 0.5) is 0 Å². The Morgan fingerprint density at radius 2 is 2.07 bits per heavy atom. The first-order chi connectivity index (χ1) is 6.50. The Bertz CT molecular complexity index is 389. The number of carbonyl (C=O) groups excluding carboxylic acids is 1. The zero-order valence-corrected chi connectivity index (χ0v) is 10.6. The molecule has 0 spiro atoms. The largest absolute Gasteiger partial charge is 0.475 e. The van der Waals surface area contributed by atoms with Crippen LogP contribution in [-0.4, -0.2) is 16.9 Å². The first kappa shape index (κ1) is 11.6. The van der Waals surface area contributed by atoms with E-state index in [4.69, 9.17) is 5.11 Å². The van der Waals surface area contributed by atoms with Crippen molar-refractivity contribution in [2.24, 2.45) is 0 Å². The fourth-order valence-electron chi connectivity index (χ4n) is 0.675. The monoisotopic (exact) mass is 338 g/mol. The lowest BCUT2D eigenvalue weighted by Gasteiger charge is -1.83. The van der Waals surface area contributed by atoms with Gasteiger partial charge in [0.2, 0.25) is 0 Å². The molecule has 0 aliphatic carbocycles. The van der Waals surface area contributed by atoms with Crippen molar-refractivity contribution in [2.75, 3.05) is 0 Å². The second kappa shape index (κ2) is 4.86. The van der Waals surface area contributed by atoms with Crippen molar-refractivity contribution in [1.29, 1.82) is 0 Å². The van der Waals surface area contributed by atoms with Crippen molar-refractivity contribution < 1.29 is 14.7 Å². The number of hydrogen-bond acceptors (Lipinski definition) is 3. The molecule has 0 saturated carbocycles. The van der Waals surface area contributed by atoms with Gasteiger partial charge in [0.25, 0.3) is 5.78 Å². The summed E-state index contributed by atoms with van der Waals surface area (Å²) in [5.41, 5.74) is 0. The zero-order valence-electron chi connectivity index (χ0n) is 6.66. The molecule has 1 aromatic heterocycles. The van der Waals surface area contributed by atoms with E-state index in [0.29, 0.717) is 0 Å². The number of hydrogen-bond donors (Lipinski definition) is 1.